The van der Waals surface area contributed by atoms with Gasteiger partial charge in [0.15, 0.2) is 0 Å². The van der Waals surface area contributed by atoms with E-state index in [1.165, 1.54) is 45.8 Å². The predicted octanol–water partition coefficient (Wildman–Crippen LogP) is 6.21. The molecular formula is C54H68N6O11. The van der Waals surface area contributed by atoms with Crippen LogP contribution in [0, 0.1) is 0 Å². The van der Waals surface area contributed by atoms with Crippen molar-refractivity contribution in [1.29, 1.82) is 0 Å². The van der Waals surface area contributed by atoms with Crippen molar-refractivity contribution in [2.45, 2.75) is 109 Å². The minimum atomic E-state index is -1.40. The standard InChI is InChI=1S/C54H68N6O11/c1-10-11-14-34-16-19-36(20-17-34)37-21-23-38(24-22-37)49(63)56-32-46(61)58-42(15-12-13-28-55-53(67)71-54(3,4)5)51(65)60(6)47-39-25-27-45(69-8)41(31-39)40-29-35(18-26-44(40)68-7)30-43(52(66)70-9)59-48(62)33(2)57-50(47)64/h16-27,29,31,33,42-43,47H,10-15,28,30,32H2,1-9H3,(H,55,67)(H,56,63)(H,57,64)(H,58,61)(H,59,62). The molecule has 0 spiro atoms. The number of alkyl carbamates (subject to hydrolysis) is 1. The molecule has 1 aliphatic rings. The second-order valence-electron chi connectivity index (χ2n) is 18.5. The second kappa shape index (κ2) is 25.4. The topological polar surface area (TPSA) is 220 Å². The molecule has 6 amide bonds. The number of carbonyl (C=O) groups excluding carboxylic acids is 7. The third-order valence-corrected chi connectivity index (χ3v) is 12.0. The van der Waals surface area contributed by atoms with E-state index in [1.807, 2.05) is 12.1 Å². The lowest BCUT2D eigenvalue weighted by molar-refractivity contribution is -0.145. The number of methoxy groups -OCH3 is 3. The van der Waals surface area contributed by atoms with Crippen LogP contribution in [0.4, 0.5) is 4.79 Å². The molecule has 4 aromatic carbocycles. The number of unbranched alkanes of at least 4 members (excludes halogenated alkanes) is 2. The fourth-order valence-corrected chi connectivity index (χ4v) is 8.15. The van der Waals surface area contributed by atoms with Gasteiger partial charge in [-0.15, -0.1) is 0 Å². The minimum absolute atomic E-state index is 0.0492. The van der Waals surface area contributed by atoms with Gasteiger partial charge in [0, 0.05) is 36.7 Å². The van der Waals surface area contributed by atoms with E-state index in [2.05, 4.69) is 57.8 Å². The Balaban J connectivity index is 1.42. The maximum Gasteiger partial charge on any atom is 0.407 e. The van der Waals surface area contributed by atoms with E-state index < -0.39 is 77.9 Å². The summed E-state index contributed by atoms with van der Waals surface area (Å²) < 4.78 is 21.9. The smallest absolute Gasteiger partial charge is 0.407 e. The van der Waals surface area contributed by atoms with Crippen molar-refractivity contribution in [3.05, 3.63) is 107 Å². The van der Waals surface area contributed by atoms with Crippen molar-refractivity contribution in [2.75, 3.05) is 41.5 Å². The van der Waals surface area contributed by atoms with Gasteiger partial charge in [-0.1, -0.05) is 61.9 Å². The number of carbonyl (C=O) groups is 7. The molecule has 1 heterocycles. The van der Waals surface area contributed by atoms with E-state index in [-0.39, 0.29) is 19.4 Å². The predicted molar refractivity (Wildman–Crippen MR) is 269 cm³/mol. The van der Waals surface area contributed by atoms with Gasteiger partial charge in [-0.3, -0.25) is 24.0 Å². The molecule has 0 saturated heterocycles. The Morgan fingerprint density at radius 3 is 2.03 bits per heavy atom. The molecule has 0 fully saturated rings. The summed E-state index contributed by atoms with van der Waals surface area (Å²) in [5, 5.41) is 13.5. The van der Waals surface area contributed by atoms with Crippen molar-refractivity contribution in [3.8, 4) is 33.8 Å². The van der Waals surface area contributed by atoms with E-state index in [9.17, 15) is 33.6 Å². The summed E-state index contributed by atoms with van der Waals surface area (Å²) in [6.07, 6.45) is 3.49. The van der Waals surface area contributed by atoms with Gasteiger partial charge in [0.25, 0.3) is 5.91 Å². The van der Waals surface area contributed by atoms with E-state index in [4.69, 9.17) is 18.9 Å². The summed E-state index contributed by atoms with van der Waals surface area (Å²) in [7, 11) is 5.60. The van der Waals surface area contributed by atoms with Gasteiger partial charge >= 0.3 is 12.1 Å². The Morgan fingerprint density at radius 1 is 0.775 bits per heavy atom. The maximum absolute atomic E-state index is 14.8. The average molecular weight is 977 g/mol. The molecule has 4 atom stereocenters. The highest BCUT2D eigenvalue weighted by molar-refractivity contribution is 5.98. The Hall–Kier alpha value is -7.43. The number of esters is 1. The highest BCUT2D eigenvalue weighted by Crippen LogP contribution is 2.40. The quantitative estimate of drug-likeness (QED) is 0.0558. The highest BCUT2D eigenvalue weighted by Gasteiger charge is 2.36. The van der Waals surface area contributed by atoms with Gasteiger partial charge in [0.05, 0.1) is 27.9 Å². The first-order valence-corrected chi connectivity index (χ1v) is 23.9. The summed E-state index contributed by atoms with van der Waals surface area (Å²) in [5.41, 5.74) is 4.83. The molecule has 0 radical (unpaired) electrons. The van der Waals surface area contributed by atoms with Crippen molar-refractivity contribution < 1.29 is 52.5 Å². The molecule has 5 N–H and O–H groups in total. The third kappa shape index (κ3) is 15.3. The molecule has 0 saturated carbocycles. The van der Waals surface area contributed by atoms with E-state index in [0.29, 0.717) is 52.2 Å². The molecule has 17 nitrogen and oxygen atoms in total. The van der Waals surface area contributed by atoms with Crippen molar-refractivity contribution in [1.82, 2.24) is 31.5 Å². The van der Waals surface area contributed by atoms with Crippen molar-refractivity contribution in [2.24, 2.45) is 0 Å². The Kier molecular flexibility index (Phi) is 19.5. The molecular weight excluding hydrogens is 909 g/mol. The van der Waals surface area contributed by atoms with Crippen LogP contribution in [-0.4, -0.2) is 112 Å². The summed E-state index contributed by atoms with van der Waals surface area (Å²) in [6, 6.07) is 20.6. The molecule has 71 heavy (non-hydrogen) atoms. The van der Waals surface area contributed by atoms with Gasteiger partial charge in [-0.2, -0.15) is 0 Å². The zero-order valence-corrected chi connectivity index (χ0v) is 42.2. The van der Waals surface area contributed by atoms with Crippen LogP contribution >= 0.6 is 0 Å². The first kappa shape index (κ1) is 54.5. The summed E-state index contributed by atoms with van der Waals surface area (Å²) in [6.45, 7) is 8.58. The number of nitrogens with one attached hydrogen (secondary N) is 5. The van der Waals surface area contributed by atoms with Crippen LogP contribution in [0.25, 0.3) is 22.3 Å². The molecule has 4 bridgehead atoms. The largest absolute Gasteiger partial charge is 0.496 e. The average Bonchev–Trinajstić information content (AvgIpc) is 3.35. The summed E-state index contributed by atoms with van der Waals surface area (Å²) in [4.78, 5) is 96.5. The van der Waals surface area contributed by atoms with Crippen LogP contribution in [0.3, 0.4) is 0 Å². The van der Waals surface area contributed by atoms with E-state index in [1.54, 1.807) is 69.3 Å². The normalized spacial score (nSPS) is 16.2. The van der Waals surface area contributed by atoms with Gasteiger partial charge in [-0.05, 0) is 124 Å². The molecule has 4 unspecified atom stereocenters. The van der Waals surface area contributed by atoms with E-state index >= 15 is 0 Å². The lowest BCUT2D eigenvalue weighted by Crippen LogP contribution is -2.55. The number of benzene rings is 4. The Labute approximate surface area is 416 Å². The SMILES string of the molecule is CCCCc1ccc(-c2ccc(C(=O)NCC(=O)NC(CCCCNC(=O)OC(C)(C)C)C(=O)N(C)C3C(=O)NC(C)C(=O)NC(C(=O)OC)Cc4ccc(OC)c(c4)-c4cc3ccc4OC)cc2)cc1. The lowest BCUT2D eigenvalue weighted by atomic mass is 9.93. The number of nitrogens with zero attached hydrogens (tertiary/aromatic N) is 1. The Morgan fingerprint density at radius 2 is 1.41 bits per heavy atom. The fraction of sp³-hybridized carbons (Fsp3) is 0.426. The van der Waals surface area contributed by atoms with Gasteiger partial charge in [0.1, 0.15) is 41.3 Å². The van der Waals surface area contributed by atoms with Gasteiger partial charge in [-0.25, -0.2) is 9.59 Å². The number of rotatable bonds is 18. The number of ether oxygens (including phenoxy) is 4. The van der Waals surface area contributed by atoms with Crippen LogP contribution in [0.2, 0.25) is 0 Å². The van der Waals surface area contributed by atoms with E-state index in [0.717, 1.165) is 30.4 Å². The molecule has 17 heteroatoms. The van der Waals surface area contributed by atoms with Crippen LogP contribution in [0.5, 0.6) is 11.5 Å². The number of likely N-dealkylation sites (N-methyl/N-ethyl adjacent to an activating group) is 1. The zero-order valence-electron chi connectivity index (χ0n) is 42.2. The molecule has 380 valence electrons. The molecule has 1 aliphatic heterocycles. The zero-order chi connectivity index (χ0) is 51.8. The molecule has 0 aromatic heterocycles. The van der Waals surface area contributed by atoms with Crippen molar-refractivity contribution >= 4 is 41.6 Å². The summed E-state index contributed by atoms with van der Waals surface area (Å²) in [5.74, 6) is -3.13. The van der Waals surface area contributed by atoms with Crippen LogP contribution in [0.15, 0.2) is 84.9 Å². The third-order valence-electron chi connectivity index (χ3n) is 12.0. The van der Waals surface area contributed by atoms with Crippen LogP contribution < -0.4 is 36.1 Å². The summed E-state index contributed by atoms with van der Waals surface area (Å²) >= 11 is 0. The first-order valence-electron chi connectivity index (χ1n) is 23.9. The Bertz CT molecular complexity index is 2520. The minimum Gasteiger partial charge on any atom is -0.496 e. The second-order valence-corrected chi connectivity index (χ2v) is 18.5. The number of hydrogen-bond donors (Lipinski definition) is 5. The fourth-order valence-electron chi connectivity index (χ4n) is 8.15. The number of amides is 6. The monoisotopic (exact) mass is 976 g/mol. The van der Waals surface area contributed by atoms with Gasteiger partial charge < -0.3 is 50.4 Å². The van der Waals surface area contributed by atoms with Crippen molar-refractivity contribution in [3.63, 3.8) is 0 Å². The maximum atomic E-state index is 14.8. The van der Waals surface area contributed by atoms with Gasteiger partial charge in [0.2, 0.25) is 23.6 Å². The molecule has 5 rings (SSSR count). The number of fused-ring (bicyclic) bond motifs is 5. The number of hydrogen-bond acceptors (Lipinski definition) is 11. The number of aryl methyl sites for hydroxylation is 1. The molecule has 4 aromatic rings. The highest BCUT2D eigenvalue weighted by atomic mass is 16.6. The molecule has 0 aliphatic carbocycles. The lowest BCUT2D eigenvalue weighted by Gasteiger charge is -2.32. The van der Waals surface area contributed by atoms with Crippen LogP contribution in [-0.2, 0) is 46.3 Å². The van der Waals surface area contributed by atoms with Crippen LogP contribution in [0.1, 0.15) is 99.8 Å². The first-order chi connectivity index (χ1) is 33.9.